The van der Waals surface area contributed by atoms with Gasteiger partial charge in [-0.15, -0.1) is 16.9 Å². The van der Waals surface area contributed by atoms with Gasteiger partial charge in [0.1, 0.15) is 5.69 Å². The van der Waals surface area contributed by atoms with Crippen LogP contribution in [0.3, 0.4) is 0 Å². The number of aliphatic hydroxyl groups excluding tert-OH is 1. The number of benzene rings is 1. The Morgan fingerprint density at radius 1 is 1.42 bits per heavy atom. The van der Waals surface area contributed by atoms with Gasteiger partial charge >= 0.3 is 0 Å². The molecule has 0 aliphatic heterocycles. The van der Waals surface area contributed by atoms with Gasteiger partial charge in [-0.2, -0.15) is 0 Å². The van der Waals surface area contributed by atoms with Gasteiger partial charge in [-0.25, -0.2) is 0 Å². The second-order valence-electron chi connectivity index (χ2n) is 4.14. The van der Waals surface area contributed by atoms with E-state index in [1.54, 1.807) is 16.4 Å². The van der Waals surface area contributed by atoms with Crippen molar-refractivity contribution in [3.63, 3.8) is 0 Å². The first-order valence-electron chi connectivity index (χ1n) is 6.19. The Kier molecular flexibility index (Phi) is 5.23. The van der Waals surface area contributed by atoms with E-state index in [-0.39, 0.29) is 6.61 Å². The standard InChI is InChI=1S/C13H18N4OS/c1-19-13-5-2-4-11(8-13)14-9-12-10-17(16-15-12)6-3-7-18/h2,4-5,8,10,14,18H,3,6-7,9H2,1H3. The van der Waals surface area contributed by atoms with E-state index in [9.17, 15) is 0 Å². The second kappa shape index (κ2) is 7.16. The largest absolute Gasteiger partial charge is 0.396 e. The van der Waals surface area contributed by atoms with Crippen molar-refractivity contribution in [3.8, 4) is 0 Å². The van der Waals surface area contributed by atoms with Crippen molar-refractivity contribution in [1.29, 1.82) is 0 Å². The Balaban J connectivity index is 1.89. The molecule has 5 nitrogen and oxygen atoms in total. The van der Waals surface area contributed by atoms with Crippen molar-refractivity contribution in [3.05, 3.63) is 36.2 Å². The van der Waals surface area contributed by atoms with Gasteiger partial charge in [0.25, 0.3) is 0 Å². The molecule has 0 fully saturated rings. The molecule has 6 heteroatoms. The highest BCUT2D eigenvalue weighted by molar-refractivity contribution is 7.98. The summed E-state index contributed by atoms with van der Waals surface area (Å²) in [7, 11) is 0. The maximum absolute atomic E-state index is 8.76. The molecule has 0 unspecified atom stereocenters. The Hall–Kier alpha value is -1.53. The van der Waals surface area contributed by atoms with Gasteiger partial charge in [0.2, 0.25) is 0 Å². The lowest BCUT2D eigenvalue weighted by Crippen LogP contribution is -2.01. The van der Waals surface area contributed by atoms with Crippen molar-refractivity contribution >= 4 is 17.4 Å². The first kappa shape index (κ1) is 13.9. The number of nitrogens with one attached hydrogen (secondary N) is 1. The van der Waals surface area contributed by atoms with Crippen LogP contribution in [0, 0.1) is 0 Å². The van der Waals surface area contributed by atoms with Gasteiger partial charge in [-0.1, -0.05) is 11.3 Å². The van der Waals surface area contributed by atoms with Crippen LogP contribution in [0.1, 0.15) is 12.1 Å². The highest BCUT2D eigenvalue weighted by Crippen LogP contribution is 2.19. The van der Waals surface area contributed by atoms with Crippen molar-refractivity contribution < 1.29 is 5.11 Å². The summed E-state index contributed by atoms with van der Waals surface area (Å²) in [5.74, 6) is 0. The van der Waals surface area contributed by atoms with Crippen LogP contribution in [0.2, 0.25) is 0 Å². The van der Waals surface area contributed by atoms with E-state index in [0.717, 1.165) is 11.4 Å². The van der Waals surface area contributed by atoms with Gasteiger partial charge in [0.15, 0.2) is 0 Å². The number of anilines is 1. The number of hydrogen-bond acceptors (Lipinski definition) is 5. The SMILES string of the molecule is CSc1cccc(NCc2cn(CCCO)nn2)c1. The minimum Gasteiger partial charge on any atom is -0.396 e. The van der Waals surface area contributed by atoms with E-state index in [2.05, 4.69) is 34.0 Å². The Labute approximate surface area is 117 Å². The quantitative estimate of drug-likeness (QED) is 0.758. The third kappa shape index (κ3) is 4.25. The first-order chi connectivity index (χ1) is 9.31. The summed E-state index contributed by atoms with van der Waals surface area (Å²) < 4.78 is 1.76. The number of aryl methyl sites for hydroxylation is 1. The lowest BCUT2D eigenvalue weighted by molar-refractivity contribution is 0.276. The molecule has 0 radical (unpaired) electrons. The predicted octanol–water partition coefficient (Wildman–Crippen LogP) is 1.99. The molecule has 0 saturated carbocycles. The van der Waals surface area contributed by atoms with Crippen molar-refractivity contribution in [1.82, 2.24) is 15.0 Å². The van der Waals surface area contributed by atoms with E-state index < -0.39 is 0 Å². The van der Waals surface area contributed by atoms with E-state index in [1.807, 2.05) is 18.3 Å². The highest BCUT2D eigenvalue weighted by Gasteiger charge is 2.01. The third-order valence-electron chi connectivity index (χ3n) is 2.67. The predicted molar refractivity (Wildman–Crippen MR) is 77.3 cm³/mol. The van der Waals surface area contributed by atoms with E-state index in [0.29, 0.717) is 19.5 Å². The minimum absolute atomic E-state index is 0.176. The zero-order chi connectivity index (χ0) is 13.5. The molecule has 0 amide bonds. The summed E-state index contributed by atoms with van der Waals surface area (Å²) in [6.45, 7) is 1.53. The lowest BCUT2D eigenvalue weighted by atomic mass is 10.3. The Morgan fingerprint density at radius 3 is 3.11 bits per heavy atom. The third-order valence-corrected chi connectivity index (χ3v) is 3.40. The normalized spacial score (nSPS) is 10.6. The van der Waals surface area contributed by atoms with Crippen LogP contribution >= 0.6 is 11.8 Å². The molecule has 2 N–H and O–H groups in total. The van der Waals surface area contributed by atoms with Crippen LogP contribution in [-0.2, 0) is 13.1 Å². The number of aliphatic hydroxyl groups is 1. The van der Waals surface area contributed by atoms with Crippen molar-refractivity contribution in [2.45, 2.75) is 24.4 Å². The van der Waals surface area contributed by atoms with Crippen molar-refractivity contribution in [2.75, 3.05) is 18.2 Å². The molecular weight excluding hydrogens is 260 g/mol. The fraction of sp³-hybridized carbons (Fsp3) is 0.385. The summed E-state index contributed by atoms with van der Waals surface area (Å²) in [5.41, 5.74) is 1.98. The van der Waals surface area contributed by atoms with Gasteiger partial charge in [0.05, 0.1) is 12.7 Å². The van der Waals surface area contributed by atoms with Gasteiger partial charge in [-0.05, 0) is 30.9 Å². The van der Waals surface area contributed by atoms with Crippen LogP contribution in [0.4, 0.5) is 5.69 Å². The molecule has 0 aliphatic rings. The van der Waals surface area contributed by atoms with E-state index in [4.69, 9.17) is 5.11 Å². The molecule has 2 rings (SSSR count). The van der Waals surface area contributed by atoms with Crippen LogP contribution in [0.5, 0.6) is 0 Å². The molecule has 0 aliphatic carbocycles. The first-order valence-corrected chi connectivity index (χ1v) is 7.42. The fourth-order valence-electron chi connectivity index (χ4n) is 1.69. The molecule has 1 aromatic carbocycles. The molecule has 0 bridgehead atoms. The number of hydrogen-bond donors (Lipinski definition) is 2. The zero-order valence-electron chi connectivity index (χ0n) is 10.9. The molecule has 102 valence electrons. The summed E-state index contributed by atoms with van der Waals surface area (Å²) >= 11 is 1.72. The lowest BCUT2D eigenvalue weighted by Gasteiger charge is -2.05. The topological polar surface area (TPSA) is 63.0 Å². The van der Waals surface area contributed by atoms with Gasteiger partial charge < -0.3 is 10.4 Å². The van der Waals surface area contributed by atoms with Crippen LogP contribution in [0.25, 0.3) is 0 Å². The molecule has 0 atom stereocenters. The summed E-state index contributed by atoms with van der Waals surface area (Å²) in [5, 5.41) is 20.2. The number of aromatic nitrogens is 3. The molecule has 0 spiro atoms. The molecule has 2 aromatic rings. The van der Waals surface area contributed by atoms with E-state index >= 15 is 0 Å². The molecular formula is C13H18N4OS. The van der Waals surface area contributed by atoms with E-state index in [1.165, 1.54) is 4.90 Å². The van der Waals surface area contributed by atoms with Crippen LogP contribution < -0.4 is 5.32 Å². The Morgan fingerprint density at radius 2 is 2.32 bits per heavy atom. The molecule has 1 heterocycles. The van der Waals surface area contributed by atoms with Gasteiger partial charge in [0, 0.05) is 23.7 Å². The highest BCUT2D eigenvalue weighted by atomic mass is 32.2. The molecule has 0 saturated heterocycles. The average Bonchev–Trinajstić information content (AvgIpc) is 2.91. The van der Waals surface area contributed by atoms with Crippen LogP contribution in [-0.4, -0.2) is 33.0 Å². The molecule has 19 heavy (non-hydrogen) atoms. The maximum atomic E-state index is 8.76. The fourth-order valence-corrected chi connectivity index (χ4v) is 2.15. The van der Waals surface area contributed by atoms with Gasteiger partial charge in [-0.3, -0.25) is 4.68 Å². The summed E-state index contributed by atoms with van der Waals surface area (Å²) in [6.07, 6.45) is 4.67. The van der Waals surface area contributed by atoms with Crippen molar-refractivity contribution in [2.24, 2.45) is 0 Å². The second-order valence-corrected chi connectivity index (χ2v) is 5.02. The maximum Gasteiger partial charge on any atom is 0.102 e. The summed E-state index contributed by atoms with van der Waals surface area (Å²) in [6, 6.07) is 8.27. The number of rotatable bonds is 7. The Bertz CT molecular complexity index is 515. The zero-order valence-corrected chi connectivity index (χ0v) is 11.7. The number of thioether (sulfide) groups is 1. The summed E-state index contributed by atoms with van der Waals surface area (Å²) in [4.78, 5) is 1.23. The monoisotopic (exact) mass is 278 g/mol. The smallest absolute Gasteiger partial charge is 0.102 e. The number of nitrogens with zero attached hydrogens (tertiary/aromatic N) is 3. The molecule has 1 aromatic heterocycles. The average molecular weight is 278 g/mol. The van der Waals surface area contributed by atoms with Crippen LogP contribution in [0.15, 0.2) is 35.4 Å². The minimum atomic E-state index is 0.176.